The molecule has 7 atom stereocenters. The normalized spacial score (nSPS) is 37.2. The smallest absolute Gasteiger partial charge is 0.335 e. The number of nitrogens with one attached hydrogen (secondary N) is 2. The van der Waals surface area contributed by atoms with Gasteiger partial charge in [-0.15, -0.1) is 0 Å². The molecule has 3 saturated carbocycles. The molecule has 0 aliphatic heterocycles. The van der Waals surface area contributed by atoms with Crippen molar-refractivity contribution in [3.63, 3.8) is 0 Å². The number of fused-ring (bicyclic) bond motifs is 5. The number of hydrogen-bond donors (Lipinski definition) is 3. The maximum atomic E-state index is 12.3. The first-order valence-electron chi connectivity index (χ1n) is 13.8. The summed E-state index contributed by atoms with van der Waals surface area (Å²) in [6, 6.07) is 3.53. The van der Waals surface area contributed by atoms with Crippen LogP contribution in [0.2, 0.25) is 0 Å². The Morgan fingerprint density at radius 1 is 1.14 bits per heavy atom. The number of urea groups is 1. The lowest BCUT2D eigenvalue weighted by atomic mass is 9.45. The molecular weight excluding hydrogens is 456 g/mol. The number of rotatable bonds is 6. The molecule has 4 aliphatic rings. The van der Waals surface area contributed by atoms with Gasteiger partial charge in [-0.05, 0) is 104 Å². The third-order valence-electron chi connectivity index (χ3n) is 10.4. The summed E-state index contributed by atoms with van der Waals surface area (Å²) in [4.78, 5) is 34.5. The minimum Gasteiger partial charge on any atom is -0.481 e. The Kier molecular flexibility index (Phi) is 6.77. The molecule has 3 fully saturated rings. The molecule has 1 heterocycles. The number of amides is 2. The topological polar surface area (TPSA) is 109 Å². The Morgan fingerprint density at radius 3 is 2.72 bits per heavy atom. The number of aliphatic carboxylic acids is 1. The van der Waals surface area contributed by atoms with Crippen LogP contribution in [-0.2, 0) is 4.79 Å². The summed E-state index contributed by atoms with van der Waals surface area (Å²) >= 11 is 0. The number of allylic oxidation sites excluding steroid dienone is 2. The third kappa shape index (κ3) is 4.50. The molecular formula is C29H40N2O5. The molecule has 7 heteroatoms. The summed E-state index contributed by atoms with van der Waals surface area (Å²) in [5.41, 5.74) is 2.96. The quantitative estimate of drug-likeness (QED) is 0.370. The summed E-state index contributed by atoms with van der Waals surface area (Å²) in [5.74, 6) is 1.49. The van der Waals surface area contributed by atoms with E-state index < -0.39 is 5.97 Å². The zero-order valence-electron chi connectivity index (χ0n) is 21.6. The van der Waals surface area contributed by atoms with E-state index in [4.69, 9.17) is 9.52 Å². The first kappa shape index (κ1) is 25.1. The Hall–Kier alpha value is -2.57. The first-order valence-corrected chi connectivity index (χ1v) is 13.8. The minimum atomic E-state index is -0.834. The van der Waals surface area contributed by atoms with Crippen molar-refractivity contribution in [1.82, 2.24) is 10.6 Å². The van der Waals surface area contributed by atoms with Gasteiger partial charge in [0.2, 0.25) is 0 Å². The van der Waals surface area contributed by atoms with Crippen molar-refractivity contribution in [2.75, 3.05) is 6.54 Å². The van der Waals surface area contributed by atoms with Crippen molar-refractivity contribution in [2.24, 2.45) is 28.6 Å². The monoisotopic (exact) mass is 496 g/mol. The Labute approximate surface area is 213 Å². The van der Waals surface area contributed by atoms with Gasteiger partial charge < -0.3 is 20.2 Å². The highest BCUT2D eigenvalue weighted by Gasteiger charge is 2.57. The highest BCUT2D eigenvalue weighted by Crippen LogP contribution is 2.67. The number of carboxylic acid groups (broad SMARTS) is 1. The fourth-order valence-electron chi connectivity index (χ4n) is 8.47. The van der Waals surface area contributed by atoms with Crippen LogP contribution >= 0.6 is 0 Å². The third-order valence-corrected chi connectivity index (χ3v) is 10.4. The maximum absolute atomic E-state index is 12.3. The highest BCUT2D eigenvalue weighted by molar-refractivity contribution is 5.74. The van der Waals surface area contributed by atoms with E-state index in [-0.39, 0.29) is 29.5 Å². The lowest BCUT2D eigenvalue weighted by Gasteiger charge is -2.60. The van der Waals surface area contributed by atoms with Crippen molar-refractivity contribution in [3.05, 3.63) is 46.0 Å². The average Bonchev–Trinajstić information content (AvgIpc) is 3.20. The molecule has 3 N–H and O–H groups in total. The van der Waals surface area contributed by atoms with E-state index in [9.17, 15) is 14.4 Å². The summed E-state index contributed by atoms with van der Waals surface area (Å²) in [5, 5.41) is 14.7. The fourth-order valence-corrected chi connectivity index (χ4v) is 8.47. The Balaban J connectivity index is 1.21. The van der Waals surface area contributed by atoms with E-state index in [0.29, 0.717) is 42.1 Å². The Bertz CT molecular complexity index is 1070. The van der Waals surface area contributed by atoms with Crippen molar-refractivity contribution in [1.29, 1.82) is 0 Å². The fraction of sp³-hybridized carbons (Fsp3) is 0.690. The van der Waals surface area contributed by atoms with E-state index in [2.05, 4.69) is 30.6 Å². The average molecular weight is 497 g/mol. The van der Waals surface area contributed by atoms with Gasteiger partial charge in [-0.3, -0.25) is 4.79 Å². The molecule has 1 aromatic rings. The predicted molar refractivity (Wildman–Crippen MR) is 137 cm³/mol. The van der Waals surface area contributed by atoms with Gasteiger partial charge in [-0.2, -0.15) is 0 Å². The molecule has 196 valence electrons. The minimum absolute atomic E-state index is 0.0741. The van der Waals surface area contributed by atoms with Gasteiger partial charge in [-0.1, -0.05) is 25.5 Å². The van der Waals surface area contributed by atoms with E-state index in [1.165, 1.54) is 25.7 Å². The molecule has 0 aromatic carbocycles. The van der Waals surface area contributed by atoms with E-state index in [1.807, 2.05) is 6.07 Å². The summed E-state index contributed by atoms with van der Waals surface area (Å²) in [6.45, 7) is 5.33. The SMILES string of the molecule is C[C@]12CC[C@H](NC(=O)NCCCC(=O)O)C[C@H]1CC[C@H]1C3=CC[C@H](c4ccc(=O)oc4)[C@@]3(C)CC[C@@H]12. The molecule has 5 rings (SSSR count). The Morgan fingerprint density at radius 2 is 1.97 bits per heavy atom. The van der Waals surface area contributed by atoms with Gasteiger partial charge in [0.25, 0.3) is 0 Å². The van der Waals surface area contributed by atoms with Crippen molar-refractivity contribution in [2.45, 2.75) is 90.0 Å². The van der Waals surface area contributed by atoms with Gasteiger partial charge in [0, 0.05) is 25.1 Å². The molecule has 0 spiro atoms. The molecule has 0 radical (unpaired) electrons. The van der Waals surface area contributed by atoms with Crippen LogP contribution in [0.4, 0.5) is 4.79 Å². The van der Waals surface area contributed by atoms with Gasteiger partial charge in [-0.25, -0.2) is 9.59 Å². The standard InChI is InChI=1S/C29H40N2O5/c1-28-13-11-20(31-27(35)30-15-3-4-25(32)33)16-19(28)6-7-21-23-9-8-22(18-5-10-26(34)36-17-18)29(23,2)14-12-24(21)28/h5,9-10,17,19-22,24H,3-4,6-8,11-16H2,1-2H3,(H,32,33)(H2,30,31,35)/t19-,20+,21+,22-,24+,28+,29-/m1/s1. The van der Waals surface area contributed by atoms with Crippen molar-refractivity contribution < 1.29 is 19.1 Å². The predicted octanol–water partition coefficient (Wildman–Crippen LogP) is 5.22. The lowest BCUT2D eigenvalue weighted by Crippen LogP contribution is -2.54. The van der Waals surface area contributed by atoms with Crippen LogP contribution in [0.1, 0.15) is 89.5 Å². The first-order chi connectivity index (χ1) is 17.2. The second kappa shape index (κ2) is 9.71. The molecule has 1 aromatic heterocycles. The summed E-state index contributed by atoms with van der Waals surface area (Å²) < 4.78 is 5.23. The van der Waals surface area contributed by atoms with Crippen LogP contribution in [0.25, 0.3) is 0 Å². The van der Waals surface area contributed by atoms with Crippen LogP contribution < -0.4 is 16.3 Å². The van der Waals surface area contributed by atoms with Crippen LogP contribution in [-0.4, -0.2) is 29.7 Å². The van der Waals surface area contributed by atoms with Gasteiger partial charge in [0.15, 0.2) is 0 Å². The van der Waals surface area contributed by atoms with Crippen LogP contribution in [0.15, 0.2) is 39.3 Å². The molecule has 4 aliphatic carbocycles. The van der Waals surface area contributed by atoms with Gasteiger partial charge in [0.1, 0.15) is 0 Å². The number of carbonyl (C=O) groups excluding carboxylic acids is 1. The van der Waals surface area contributed by atoms with Gasteiger partial charge in [0.05, 0.1) is 6.26 Å². The van der Waals surface area contributed by atoms with Crippen molar-refractivity contribution >= 4 is 12.0 Å². The largest absolute Gasteiger partial charge is 0.481 e. The maximum Gasteiger partial charge on any atom is 0.335 e. The van der Waals surface area contributed by atoms with E-state index in [1.54, 1.807) is 17.9 Å². The number of carbonyl (C=O) groups is 2. The second-order valence-corrected chi connectivity index (χ2v) is 12.2. The molecule has 7 nitrogen and oxygen atoms in total. The summed E-state index contributed by atoms with van der Waals surface area (Å²) in [7, 11) is 0. The molecule has 2 amide bonds. The number of carboxylic acids is 1. The molecule has 0 bridgehead atoms. The molecule has 36 heavy (non-hydrogen) atoms. The second-order valence-electron chi connectivity index (χ2n) is 12.2. The van der Waals surface area contributed by atoms with Crippen LogP contribution in [0.5, 0.6) is 0 Å². The summed E-state index contributed by atoms with van der Waals surface area (Å²) in [6.07, 6.45) is 13.7. The van der Waals surface area contributed by atoms with Crippen LogP contribution in [0, 0.1) is 28.6 Å². The van der Waals surface area contributed by atoms with Crippen molar-refractivity contribution in [3.8, 4) is 0 Å². The lowest BCUT2D eigenvalue weighted by molar-refractivity contribution is -0.137. The molecule has 0 unspecified atom stereocenters. The van der Waals surface area contributed by atoms with Gasteiger partial charge >= 0.3 is 17.6 Å². The molecule has 0 saturated heterocycles. The zero-order valence-corrected chi connectivity index (χ0v) is 21.6. The van der Waals surface area contributed by atoms with Crippen LogP contribution in [0.3, 0.4) is 0 Å². The number of hydrogen-bond acceptors (Lipinski definition) is 4. The zero-order chi connectivity index (χ0) is 25.5. The van der Waals surface area contributed by atoms with E-state index in [0.717, 1.165) is 31.2 Å². The highest BCUT2D eigenvalue weighted by atomic mass is 16.4. The van der Waals surface area contributed by atoms with E-state index >= 15 is 0 Å².